The molecule has 5 heteroatoms. The number of hydrogen-bond acceptors (Lipinski definition) is 3. The van der Waals surface area contributed by atoms with Gasteiger partial charge in [0.05, 0.1) is 0 Å². The predicted molar refractivity (Wildman–Crippen MR) is 103 cm³/mol. The third kappa shape index (κ3) is 5.80. The average Bonchev–Trinajstić information content (AvgIpc) is 2.63. The van der Waals surface area contributed by atoms with Crippen LogP contribution in [0.3, 0.4) is 0 Å². The monoisotopic (exact) mass is 331 g/mol. The van der Waals surface area contributed by atoms with Crippen LogP contribution in [-0.2, 0) is 0 Å². The van der Waals surface area contributed by atoms with Gasteiger partial charge in [-0.2, -0.15) is 0 Å². The summed E-state index contributed by atoms with van der Waals surface area (Å²) in [4.78, 5) is 9.31. The van der Waals surface area contributed by atoms with Gasteiger partial charge in [0, 0.05) is 52.4 Å². The van der Waals surface area contributed by atoms with E-state index in [-0.39, 0.29) is 0 Å². The van der Waals surface area contributed by atoms with Gasteiger partial charge in [-0.3, -0.25) is 9.89 Å². The number of benzene rings is 1. The van der Waals surface area contributed by atoms with E-state index in [9.17, 15) is 0 Å². The number of nitrogens with zero attached hydrogens (tertiary/aromatic N) is 3. The fourth-order valence-corrected chi connectivity index (χ4v) is 3.17. The van der Waals surface area contributed by atoms with Crippen molar-refractivity contribution < 1.29 is 0 Å². The zero-order valence-electron chi connectivity index (χ0n) is 15.5. The third-order valence-electron chi connectivity index (χ3n) is 4.56. The summed E-state index contributed by atoms with van der Waals surface area (Å²) in [6.07, 6.45) is 2.24. The molecule has 2 N–H and O–H groups in total. The van der Waals surface area contributed by atoms with Crippen LogP contribution < -0.4 is 10.6 Å². The first-order valence-electron chi connectivity index (χ1n) is 9.16. The molecule has 134 valence electrons. The number of nitrogens with one attached hydrogen (secondary N) is 2. The Balaban J connectivity index is 1.81. The summed E-state index contributed by atoms with van der Waals surface area (Å²) in [5, 5.41) is 6.73. The summed E-state index contributed by atoms with van der Waals surface area (Å²) in [6, 6.07) is 11.4. The summed E-state index contributed by atoms with van der Waals surface area (Å²) in [7, 11) is 4.05. The lowest BCUT2D eigenvalue weighted by Crippen LogP contribution is -2.47. The molecule has 1 atom stereocenters. The van der Waals surface area contributed by atoms with Crippen LogP contribution in [0.15, 0.2) is 35.3 Å². The van der Waals surface area contributed by atoms with Crippen LogP contribution in [0.2, 0.25) is 0 Å². The van der Waals surface area contributed by atoms with Crippen molar-refractivity contribution in [3.8, 4) is 0 Å². The minimum Gasteiger partial charge on any atom is -0.356 e. The summed E-state index contributed by atoms with van der Waals surface area (Å²) in [5.41, 5.74) is 1.43. The molecule has 0 spiro atoms. The van der Waals surface area contributed by atoms with E-state index in [4.69, 9.17) is 0 Å². The Labute approximate surface area is 147 Å². The Bertz CT molecular complexity index is 488. The highest BCUT2D eigenvalue weighted by Gasteiger charge is 2.25. The van der Waals surface area contributed by atoms with Gasteiger partial charge in [0.2, 0.25) is 0 Å². The van der Waals surface area contributed by atoms with Crippen molar-refractivity contribution in [2.45, 2.75) is 25.8 Å². The van der Waals surface area contributed by atoms with E-state index in [0.29, 0.717) is 6.04 Å². The molecule has 1 saturated heterocycles. The first kappa shape index (κ1) is 18.7. The molecular formula is C19H33N5. The zero-order chi connectivity index (χ0) is 17.2. The molecule has 1 unspecified atom stereocenters. The Kier molecular flexibility index (Phi) is 8.05. The number of aliphatic imine (C=N–C) groups is 1. The first-order chi connectivity index (χ1) is 11.7. The molecule has 0 aromatic heterocycles. The van der Waals surface area contributed by atoms with Crippen molar-refractivity contribution in [2.24, 2.45) is 4.99 Å². The van der Waals surface area contributed by atoms with E-state index in [0.717, 1.165) is 58.1 Å². The van der Waals surface area contributed by atoms with Gasteiger partial charge in [-0.25, -0.2) is 0 Å². The third-order valence-corrected chi connectivity index (χ3v) is 4.56. The van der Waals surface area contributed by atoms with Crippen LogP contribution in [0.1, 0.15) is 31.4 Å². The number of likely N-dealkylation sites (N-methyl/N-ethyl adjacent to an activating group) is 1. The van der Waals surface area contributed by atoms with Crippen molar-refractivity contribution in [1.82, 2.24) is 20.4 Å². The zero-order valence-corrected chi connectivity index (χ0v) is 15.5. The molecule has 0 amide bonds. The van der Waals surface area contributed by atoms with E-state index in [1.165, 1.54) is 5.56 Å². The average molecular weight is 332 g/mol. The number of piperazine rings is 1. The second-order valence-corrected chi connectivity index (χ2v) is 6.50. The molecule has 1 aromatic carbocycles. The molecule has 1 aliphatic rings. The van der Waals surface area contributed by atoms with Gasteiger partial charge in [-0.1, -0.05) is 37.3 Å². The molecule has 1 heterocycles. The van der Waals surface area contributed by atoms with Crippen molar-refractivity contribution in [3.05, 3.63) is 35.9 Å². The second kappa shape index (κ2) is 10.3. The van der Waals surface area contributed by atoms with Crippen LogP contribution in [0, 0.1) is 0 Å². The molecule has 0 radical (unpaired) electrons. The lowest BCUT2D eigenvalue weighted by Gasteiger charge is -2.40. The molecule has 1 fully saturated rings. The normalized spacial score (nSPS) is 20.1. The molecule has 5 nitrogen and oxygen atoms in total. The van der Waals surface area contributed by atoms with Crippen LogP contribution in [0.25, 0.3) is 0 Å². The van der Waals surface area contributed by atoms with E-state index in [2.05, 4.69) is 69.7 Å². The van der Waals surface area contributed by atoms with Crippen molar-refractivity contribution in [1.29, 1.82) is 0 Å². The van der Waals surface area contributed by atoms with Gasteiger partial charge in [0.25, 0.3) is 0 Å². The Hall–Kier alpha value is -1.59. The smallest absolute Gasteiger partial charge is 0.190 e. The number of rotatable bonds is 7. The molecule has 0 bridgehead atoms. The molecule has 0 aliphatic carbocycles. The maximum atomic E-state index is 4.26. The lowest BCUT2D eigenvalue weighted by atomic mass is 10.0. The van der Waals surface area contributed by atoms with E-state index in [1.807, 2.05) is 7.05 Å². The maximum absolute atomic E-state index is 4.26. The summed E-state index contributed by atoms with van der Waals surface area (Å²) >= 11 is 0. The minimum atomic E-state index is 0.502. The topological polar surface area (TPSA) is 42.9 Å². The van der Waals surface area contributed by atoms with Gasteiger partial charge < -0.3 is 15.5 Å². The number of guanidine groups is 1. The fraction of sp³-hybridized carbons (Fsp3) is 0.632. The van der Waals surface area contributed by atoms with Crippen molar-refractivity contribution in [2.75, 3.05) is 53.4 Å². The van der Waals surface area contributed by atoms with E-state index >= 15 is 0 Å². The fourth-order valence-electron chi connectivity index (χ4n) is 3.17. The van der Waals surface area contributed by atoms with E-state index in [1.54, 1.807) is 0 Å². The van der Waals surface area contributed by atoms with Gasteiger partial charge in [-0.15, -0.1) is 0 Å². The summed E-state index contributed by atoms with van der Waals surface area (Å²) < 4.78 is 0. The molecular weight excluding hydrogens is 298 g/mol. The Morgan fingerprint density at radius 1 is 1.17 bits per heavy atom. The van der Waals surface area contributed by atoms with Crippen LogP contribution >= 0.6 is 0 Å². The van der Waals surface area contributed by atoms with E-state index < -0.39 is 0 Å². The summed E-state index contributed by atoms with van der Waals surface area (Å²) in [6.45, 7) is 8.60. The first-order valence-corrected chi connectivity index (χ1v) is 9.16. The highest BCUT2D eigenvalue weighted by atomic mass is 15.3. The van der Waals surface area contributed by atoms with Gasteiger partial charge >= 0.3 is 0 Å². The van der Waals surface area contributed by atoms with Crippen molar-refractivity contribution >= 4 is 5.96 Å². The largest absolute Gasteiger partial charge is 0.356 e. The molecule has 1 aliphatic heterocycles. The molecule has 2 rings (SSSR count). The quantitative estimate of drug-likeness (QED) is 0.455. The highest BCUT2D eigenvalue weighted by Crippen LogP contribution is 2.24. The molecule has 24 heavy (non-hydrogen) atoms. The minimum absolute atomic E-state index is 0.502. The lowest BCUT2D eigenvalue weighted by molar-refractivity contribution is 0.0891. The number of hydrogen-bond donors (Lipinski definition) is 2. The Morgan fingerprint density at radius 2 is 1.92 bits per heavy atom. The molecule has 0 saturated carbocycles. The highest BCUT2D eigenvalue weighted by molar-refractivity contribution is 5.79. The second-order valence-electron chi connectivity index (χ2n) is 6.50. The van der Waals surface area contributed by atoms with Crippen LogP contribution in [0.4, 0.5) is 0 Å². The van der Waals surface area contributed by atoms with Gasteiger partial charge in [-0.05, 0) is 25.5 Å². The van der Waals surface area contributed by atoms with Gasteiger partial charge in [0.1, 0.15) is 0 Å². The summed E-state index contributed by atoms with van der Waals surface area (Å²) in [5.74, 6) is 0.912. The predicted octanol–water partition coefficient (Wildman–Crippen LogP) is 1.94. The molecule has 1 aromatic rings. The Morgan fingerprint density at radius 3 is 2.62 bits per heavy atom. The maximum Gasteiger partial charge on any atom is 0.190 e. The van der Waals surface area contributed by atoms with Gasteiger partial charge in [0.15, 0.2) is 5.96 Å². The van der Waals surface area contributed by atoms with Crippen molar-refractivity contribution in [3.63, 3.8) is 0 Å². The standard InChI is InChI=1S/C19H33N5/c1-4-11-21-19(20-2)22-12-8-13-24-15-14-23(3)16-18(24)17-9-6-5-7-10-17/h5-7,9-10,18H,4,8,11-16H2,1-3H3,(H2,20,21,22). The SMILES string of the molecule is CCCNC(=NC)NCCCN1CCN(C)CC1c1ccccc1. The van der Waals surface area contributed by atoms with Crippen LogP contribution in [0.5, 0.6) is 0 Å². The van der Waals surface area contributed by atoms with Crippen LogP contribution in [-0.4, -0.2) is 69.1 Å².